The Morgan fingerprint density at radius 2 is 1.51 bits per heavy atom. The van der Waals surface area contributed by atoms with Gasteiger partial charge in [0.2, 0.25) is 0 Å². The summed E-state index contributed by atoms with van der Waals surface area (Å²) in [4.78, 5) is 2.29. The van der Waals surface area contributed by atoms with Gasteiger partial charge in [-0.3, -0.25) is 4.68 Å². The Kier molecular flexibility index (Phi) is 8.40. The monoisotopic (exact) mass is 600 g/mol. The molecule has 2 aliphatic rings. The number of hydrogen-bond donors (Lipinski definition) is 1. The molecule has 0 radical (unpaired) electrons. The van der Waals surface area contributed by atoms with E-state index in [1.807, 2.05) is 12.1 Å². The van der Waals surface area contributed by atoms with Gasteiger partial charge in [-0.2, -0.15) is 18.3 Å². The summed E-state index contributed by atoms with van der Waals surface area (Å²) < 4.78 is 85.5. The SMILES string of the molecule is Fc1cc(F)c(Cn2nc3c(C(F)(F)F)cccc3c2-c2ccc(N3CCC(NCC4CCCCC4)CC3)cc2)c(F)c1. The lowest BCUT2D eigenvalue weighted by molar-refractivity contribution is -0.136. The van der Waals surface area contributed by atoms with Crippen molar-refractivity contribution in [1.29, 1.82) is 0 Å². The molecule has 0 amide bonds. The molecule has 10 heteroatoms. The van der Waals surface area contributed by atoms with Crippen LogP contribution >= 0.6 is 0 Å². The molecule has 43 heavy (non-hydrogen) atoms. The van der Waals surface area contributed by atoms with Gasteiger partial charge in [0.05, 0.1) is 17.8 Å². The van der Waals surface area contributed by atoms with Gasteiger partial charge in [0.1, 0.15) is 23.0 Å². The summed E-state index contributed by atoms with van der Waals surface area (Å²) in [6, 6.07) is 12.8. The Morgan fingerprint density at radius 1 is 0.837 bits per heavy atom. The molecular weight excluding hydrogens is 566 g/mol. The second kappa shape index (κ2) is 12.2. The molecule has 0 unspecified atom stereocenters. The molecule has 6 rings (SSSR count). The fourth-order valence-electron chi connectivity index (χ4n) is 6.57. The summed E-state index contributed by atoms with van der Waals surface area (Å²) in [5.41, 5.74) is 0.0948. The van der Waals surface area contributed by atoms with Crippen molar-refractivity contribution < 1.29 is 26.3 Å². The topological polar surface area (TPSA) is 33.1 Å². The van der Waals surface area contributed by atoms with Crippen LogP contribution in [-0.4, -0.2) is 35.5 Å². The average molecular weight is 601 g/mol. The van der Waals surface area contributed by atoms with Gasteiger partial charge in [-0.15, -0.1) is 0 Å². The Balaban J connectivity index is 1.25. The Morgan fingerprint density at radius 3 is 2.16 bits per heavy atom. The summed E-state index contributed by atoms with van der Waals surface area (Å²) in [5, 5.41) is 8.15. The molecule has 1 saturated carbocycles. The number of anilines is 1. The van der Waals surface area contributed by atoms with E-state index in [1.165, 1.54) is 44.2 Å². The molecule has 0 spiro atoms. The lowest BCUT2D eigenvalue weighted by atomic mass is 9.89. The second-order valence-corrected chi connectivity index (χ2v) is 11.8. The first kappa shape index (κ1) is 29.5. The van der Waals surface area contributed by atoms with E-state index in [0.717, 1.165) is 54.8 Å². The molecule has 4 nitrogen and oxygen atoms in total. The first-order valence-corrected chi connectivity index (χ1v) is 15.0. The van der Waals surface area contributed by atoms with Crippen LogP contribution in [0.2, 0.25) is 0 Å². The van der Waals surface area contributed by atoms with Crippen LogP contribution in [0.25, 0.3) is 22.2 Å². The Bertz CT molecular complexity index is 1540. The molecule has 4 aromatic rings. The summed E-state index contributed by atoms with van der Waals surface area (Å²) in [6.07, 6.45) is 4.04. The zero-order chi connectivity index (χ0) is 30.1. The highest BCUT2D eigenvalue weighted by atomic mass is 19.4. The fourth-order valence-corrected chi connectivity index (χ4v) is 6.57. The van der Waals surface area contributed by atoms with Gasteiger partial charge in [-0.05, 0) is 56.3 Å². The van der Waals surface area contributed by atoms with Gasteiger partial charge in [0.25, 0.3) is 0 Å². The van der Waals surface area contributed by atoms with Crippen LogP contribution in [0.4, 0.5) is 32.0 Å². The zero-order valence-corrected chi connectivity index (χ0v) is 23.7. The number of benzene rings is 3. The van der Waals surface area contributed by atoms with Gasteiger partial charge in [-0.1, -0.05) is 43.5 Å². The number of halogens is 6. The molecule has 1 N–H and O–H groups in total. The van der Waals surface area contributed by atoms with Crippen molar-refractivity contribution in [2.45, 2.75) is 63.7 Å². The minimum atomic E-state index is -4.68. The number of fused-ring (bicyclic) bond motifs is 1. The normalized spacial score (nSPS) is 17.2. The lowest BCUT2D eigenvalue weighted by Gasteiger charge is -2.35. The van der Waals surface area contributed by atoms with Crippen LogP contribution in [0.5, 0.6) is 0 Å². The molecular formula is C33H34F6N4. The van der Waals surface area contributed by atoms with E-state index in [0.29, 0.717) is 29.4 Å². The summed E-state index contributed by atoms with van der Waals surface area (Å²) in [5.74, 6) is -2.56. The summed E-state index contributed by atoms with van der Waals surface area (Å²) in [6.45, 7) is 2.35. The quantitative estimate of drug-likeness (QED) is 0.217. The van der Waals surface area contributed by atoms with Crippen LogP contribution < -0.4 is 10.2 Å². The van der Waals surface area contributed by atoms with Gasteiger partial charge in [-0.25, -0.2) is 13.2 Å². The highest BCUT2D eigenvalue weighted by Gasteiger charge is 2.35. The molecule has 1 aliphatic heterocycles. The third kappa shape index (κ3) is 6.39. The molecule has 1 aliphatic carbocycles. The maximum absolute atomic E-state index is 14.6. The van der Waals surface area contributed by atoms with Crippen molar-refractivity contribution in [3.63, 3.8) is 0 Å². The molecule has 2 heterocycles. The van der Waals surface area contributed by atoms with Crippen LogP contribution in [-0.2, 0) is 12.7 Å². The van der Waals surface area contributed by atoms with E-state index < -0.39 is 41.3 Å². The summed E-state index contributed by atoms with van der Waals surface area (Å²) >= 11 is 0. The highest BCUT2D eigenvalue weighted by molar-refractivity contribution is 5.95. The van der Waals surface area contributed by atoms with Crippen LogP contribution in [0.15, 0.2) is 54.6 Å². The minimum Gasteiger partial charge on any atom is -0.371 e. The van der Waals surface area contributed by atoms with Crippen LogP contribution in [0.1, 0.15) is 56.1 Å². The predicted octanol–water partition coefficient (Wildman–Crippen LogP) is 8.33. The van der Waals surface area contributed by atoms with Crippen molar-refractivity contribution in [2.24, 2.45) is 5.92 Å². The predicted molar refractivity (Wildman–Crippen MR) is 155 cm³/mol. The van der Waals surface area contributed by atoms with Crippen molar-refractivity contribution in [3.05, 3.63) is 83.2 Å². The van der Waals surface area contributed by atoms with Crippen molar-refractivity contribution in [2.75, 3.05) is 24.5 Å². The zero-order valence-electron chi connectivity index (χ0n) is 23.7. The first-order chi connectivity index (χ1) is 20.7. The number of alkyl halides is 3. The smallest absolute Gasteiger partial charge is 0.371 e. The number of aromatic nitrogens is 2. The minimum absolute atomic E-state index is 0.204. The summed E-state index contributed by atoms with van der Waals surface area (Å²) in [7, 11) is 0. The Labute approximate surface area is 246 Å². The Hall–Kier alpha value is -3.53. The number of nitrogens with one attached hydrogen (secondary N) is 1. The fraction of sp³-hybridized carbons (Fsp3) is 0.424. The van der Waals surface area contributed by atoms with Gasteiger partial charge >= 0.3 is 6.18 Å². The number of hydrogen-bond acceptors (Lipinski definition) is 3. The molecule has 1 saturated heterocycles. The lowest BCUT2D eigenvalue weighted by Crippen LogP contribution is -2.44. The van der Waals surface area contributed by atoms with Crippen molar-refractivity contribution in [1.82, 2.24) is 15.1 Å². The maximum Gasteiger partial charge on any atom is 0.418 e. The largest absolute Gasteiger partial charge is 0.418 e. The van der Waals surface area contributed by atoms with Gasteiger partial charge in [0, 0.05) is 53.5 Å². The van der Waals surface area contributed by atoms with E-state index in [4.69, 9.17) is 0 Å². The highest BCUT2D eigenvalue weighted by Crippen LogP contribution is 2.39. The number of rotatable bonds is 7. The molecule has 228 valence electrons. The van der Waals surface area contributed by atoms with E-state index in [-0.39, 0.29) is 10.9 Å². The molecule has 2 fully saturated rings. The van der Waals surface area contributed by atoms with Crippen molar-refractivity contribution >= 4 is 16.6 Å². The number of nitrogens with zero attached hydrogens (tertiary/aromatic N) is 3. The van der Waals surface area contributed by atoms with Crippen LogP contribution in [0, 0.1) is 23.4 Å². The number of piperidine rings is 1. The van der Waals surface area contributed by atoms with Gasteiger partial charge < -0.3 is 10.2 Å². The standard InChI is InChI=1S/C33H34F6N4/c34-23-17-29(35)27(30(36)18-23)20-43-32(26-7-4-8-28(31(26)41-43)33(37,38)39)22-9-11-25(12-10-22)42-15-13-24(14-16-42)40-19-21-5-2-1-3-6-21/h4,7-12,17-18,21,24,40H,1-3,5-6,13-16,19-20H2. The maximum atomic E-state index is 14.6. The van der Waals surface area contributed by atoms with E-state index >= 15 is 0 Å². The molecule has 0 bridgehead atoms. The molecule has 3 aromatic carbocycles. The second-order valence-electron chi connectivity index (χ2n) is 11.8. The van der Waals surface area contributed by atoms with Gasteiger partial charge in [0.15, 0.2) is 0 Å². The van der Waals surface area contributed by atoms with E-state index in [1.54, 1.807) is 12.1 Å². The van der Waals surface area contributed by atoms with Crippen LogP contribution in [0.3, 0.4) is 0 Å². The third-order valence-electron chi connectivity index (χ3n) is 8.91. The molecule has 0 atom stereocenters. The third-order valence-corrected chi connectivity index (χ3v) is 8.91. The van der Waals surface area contributed by atoms with E-state index in [2.05, 4.69) is 15.3 Å². The first-order valence-electron chi connectivity index (χ1n) is 15.0. The van der Waals surface area contributed by atoms with Crippen molar-refractivity contribution in [3.8, 4) is 11.3 Å². The molecule has 1 aromatic heterocycles. The van der Waals surface area contributed by atoms with E-state index in [9.17, 15) is 26.3 Å². The average Bonchev–Trinajstić information content (AvgIpc) is 3.36.